The maximum atomic E-state index is 13.2. The van der Waals surface area contributed by atoms with Crippen molar-refractivity contribution in [3.63, 3.8) is 0 Å². The summed E-state index contributed by atoms with van der Waals surface area (Å²) in [5, 5.41) is 2.85. The van der Waals surface area contributed by atoms with Gasteiger partial charge in [-0.05, 0) is 30.4 Å². The van der Waals surface area contributed by atoms with Gasteiger partial charge in [-0.15, -0.1) is 0 Å². The van der Waals surface area contributed by atoms with Gasteiger partial charge in [0.05, 0.1) is 0 Å². The zero-order valence-corrected chi connectivity index (χ0v) is 9.37. The zero-order chi connectivity index (χ0) is 11.5. The normalized spacial score (nSPS) is 22.9. The Balaban J connectivity index is 1.76. The summed E-state index contributed by atoms with van der Waals surface area (Å²) in [4.78, 5) is 11.5. The van der Waals surface area contributed by atoms with Crippen molar-refractivity contribution in [1.82, 2.24) is 5.32 Å². The highest BCUT2D eigenvalue weighted by Gasteiger charge is 2.38. The van der Waals surface area contributed by atoms with Crippen LogP contribution in [-0.2, 0) is 11.2 Å². The van der Waals surface area contributed by atoms with Gasteiger partial charge in [0.25, 0.3) is 0 Å². The van der Waals surface area contributed by atoms with Crippen molar-refractivity contribution >= 4 is 5.91 Å². The summed E-state index contributed by atoms with van der Waals surface area (Å²) < 4.78 is 13.2. The van der Waals surface area contributed by atoms with Crippen LogP contribution in [0.4, 0.5) is 4.39 Å². The lowest BCUT2D eigenvalue weighted by Gasteiger charge is -2.05. The molecule has 0 aliphatic heterocycles. The molecule has 1 amide bonds. The first-order valence-corrected chi connectivity index (χ1v) is 5.69. The van der Waals surface area contributed by atoms with Crippen LogP contribution in [0.25, 0.3) is 0 Å². The van der Waals surface area contributed by atoms with E-state index in [9.17, 15) is 9.18 Å². The number of halogens is 1. The van der Waals surface area contributed by atoms with Crippen LogP contribution in [-0.4, -0.2) is 12.5 Å². The topological polar surface area (TPSA) is 29.1 Å². The molecule has 1 aliphatic carbocycles. The molecule has 16 heavy (non-hydrogen) atoms. The van der Waals surface area contributed by atoms with E-state index >= 15 is 0 Å². The summed E-state index contributed by atoms with van der Waals surface area (Å²) in [5.74, 6) is 0.634. The average molecular weight is 221 g/mol. The molecule has 0 heterocycles. The van der Waals surface area contributed by atoms with E-state index in [4.69, 9.17) is 0 Å². The van der Waals surface area contributed by atoms with Gasteiger partial charge in [-0.3, -0.25) is 4.79 Å². The minimum Gasteiger partial charge on any atom is -0.356 e. The third-order valence-corrected chi connectivity index (χ3v) is 3.10. The molecule has 0 spiro atoms. The van der Waals surface area contributed by atoms with Crippen molar-refractivity contribution in [2.45, 2.75) is 19.8 Å². The number of amides is 1. The Morgan fingerprint density at radius 1 is 1.50 bits per heavy atom. The third-order valence-electron chi connectivity index (χ3n) is 3.10. The molecule has 2 rings (SSSR count). The van der Waals surface area contributed by atoms with Crippen LogP contribution < -0.4 is 5.32 Å². The van der Waals surface area contributed by atoms with Gasteiger partial charge in [-0.2, -0.15) is 0 Å². The Kier molecular flexibility index (Phi) is 3.22. The van der Waals surface area contributed by atoms with Crippen LogP contribution in [0.1, 0.15) is 18.9 Å². The van der Waals surface area contributed by atoms with E-state index < -0.39 is 0 Å². The molecule has 3 heteroatoms. The monoisotopic (exact) mass is 221 g/mol. The molecule has 2 atom stereocenters. The van der Waals surface area contributed by atoms with Crippen LogP contribution in [0.5, 0.6) is 0 Å². The van der Waals surface area contributed by atoms with Crippen molar-refractivity contribution in [2.75, 3.05) is 6.54 Å². The molecule has 1 N–H and O–H groups in total. The lowest BCUT2D eigenvalue weighted by Crippen LogP contribution is -2.27. The number of rotatable bonds is 4. The van der Waals surface area contributed by atoms with Gasteiger partial charge in [0.15, 0.2) is 0 Å². The molecule has 2 nitrogen and oxygen atoms in total. The number of hydrogen-bond donors (Lipinski definition) is 1. The lowest BCUT2D eigenvalue weighted by atomic mass is 10.1. The van der Waals surface area contributed by atoms with E-state index in [0.29, 0.717) is 24.4 Å². The van der Waals surface area contributed by atoms with Crippen molar-refractivity contribution in [2.24, 2.45) is 11.8 Å². The van der Waals surface area contributed by atoms with E-state index in [1.165, 1.54) is 6.07 Å². The molecular formula is C13H16FNO. The Labute approximate surface area is 94.9 Å². The predicted molar refractivity (Wildman–Crippen MR) is 60.4 cm³/mol. The maximum absolute atomic E-state index is 13.2. The number of carbonyl (C=O) groups is 1. The van der Waals surface area contributed by atoms with Crippen LogP contribution in [0.3, 0.4) is 0 Å². The van der Waals surface area contributed by atoms with Crippen molar-refractivity contribution in [3.05, 3.63) is 35.6 Å². The lowest BCUT2D eigenvalue weighted by molar-refractivity contribution is -0.122. The van der Waals surface area contributed by atoms with E-state index in [1.54, 1.807) is 12.1 Å². The summed E-state index contributed by atoms with van der Waals surface area (Å²) in [5.41, 5.74) is 0.659. The van der Waals surface area contributed by atoms with Gasteiger partial charge in [-0.25, -0.2) is 4.39 Å². The molecule has 1 saturated carbocycles. The first-order valence-electron chi connectivity index (χ1n) is 5.69. The van der Waals surface area contributed by atoms with Crippen molar-refractivity contribution in [1.29, 1.82) is 0 Å². The molecule has 0 aromatic heterocycles. The van der Waals surface area contributed by atoms with Gasteiger partial charge in [0.1, 0.15) is 5.82 Å². The highest BCUT2D eigenvalue weighted by Crippen LogP contribution is 2.37. The fourth-order valence-corrected chi connectivity index (χ4v) is 1.84. The molecule has 0 bridgehead atoms. The van der Waals surface area contributed by atoms with Crippen molar-refractivity contribution < 1.29 is 9.18 Å². The van der Waals surface area contributed by atoms with Gasteiger partial charge >= 0.3 is 0 Å². The second-order valence-electron chi connectivity index (χ2n) is 4.45. The van der Waals surface area contributed by atoms with Crippen LogP contribution in [0.15, 0.2) is 24.3 Å². The molecule has 2 unspecified atom stereocenters. The summed E-state index contributed by atoms with van der Waals surface area (Å²) in [7, 11) is 0. The standard InChI is InChI=1S/C13H16FNO/c1-9-8-11(9)13(16)15-7-6-10-4-2-3-5-12(10)14/h2-5,9,11H,6-8H2,1H3,(H,15,16). The minimum atomic E-state index is -0.198. The Bertz CT molecular complexity index is 391. The van der Waals surface area contributed by atoms with Gasteiger partial charge in [0.2, 0.25) is 5.91 Å². The summed E-state index contributed by atoms with van der Waals surface area (Å²) in [6, 6.07) is 6.67. The fourth-order valence-electron chi connectivity index (χ4n) is 1.84. The van der Waals surface area contributed by atoms with Crippen LogP contribution in [0, 0.1) is 17.7 Å². The van der Waals surface area contributed by atoms with Crippen LogP contribution >= 0.6 is 0 Å². The summed E-state index contributed by atoms with van der Waals surface area (Å²) >= 11 is 0. The first kappa shape index (κ1) is 11.1. The Morgan fingerprint density at radius 3 is 2.81 bits per heavy atom. The largest absolute Gasteiger partial charge is 0.356 e. The van der Waals surface area contributed by atoms with E-state index in [1.807, 2.05) is 6.07 Å². The molecule has 1 aromatic rings. The number of hydrogen-bond acceptors (Lipinski definition) is 1. The molecule has 1 aliphatic rings. The minimum absolute atomic E-state index is 0.115. The smallest absolute Gasteiger partial charge is 0.223 e. The summed E-state index contributed by atoms with van der Waals surface area (Å²) in [6.07, 6.45) is 1.55. The second kappa shape index (κ2) is 4.64. The zero-order valence-electron chi connectivity index (χ0n) is 9.37. The number of nitrogens with one attached hydrogen (secondary N) is 1. The SMILES string of the molecule is CC1CC1C(=O)NCCc1ccccc1F. The molecule has 86 valence electrons. The average Bonchev–Trinajstić information content (AvgIpc) is 2.98. The van der Waals surface area contributed by atoms with E-state index in [0.717, 1.165) is 6.42 Å². The maximum Gasteiger partial charge on any atom is 0.223 e. The third kappa shape index (κ3) is 2.60. The molecular weight excluding hydrogens is 205 g/mol. The van der Waals surface area contributed by atoms with E-state index in [2.05, 4.69) is 12.2 Å². The molecule has 1 aromatic carbocycles. The fraction of sp³-hybridized carbons (Fsp3) is 0.462. The molecule has 0 saturated heterocycles. The molecule has 1 fully saturated rings. The Morgan fingerprint density at radius 2 is 2.19 bits per heavy atom. The highest BCUT2D eigenvalue weighted by molar-refractivity contribution is 5.81. The number of carbonyl (C=O) groups excluding carboxylic acids is 1. The molecule has 0 radical (unpaired) electrons. The summed E-state index contributed by atoms with van der Waals surface area (Å²) in [6.45, 7) is 2.59. The highest BCUT2D eigenvalue weighted by atomic mass is 19.1. The number of benzene rings is 1. The van der Waals surface area contributed by atoms with Gasteiger partial charge in [0, 0.05) is 12.5 Å². The first-order chi connectivity index (χ1) is 7.68. The Hall–Kier alpha value is -1.38. The van der Waals surface area contributed by atoms with Crippen molar-refractivity contribution in [3.8, 4) is 0 Å². The van der Waals surface area contributed by atoms with Gasteiger partial charge in [-0.1, -0.05) is 25.1 Å². The predicted octanol–water partition coefficient (Wildman–Crippen LogP) is 2.14. The van der Waals surface area contributed by atoms with Gasteiger partial charge < -0.3 is 5.32 Å². The van der Waals surface area contributed by atoms with E-state index in [-0.39, 0.29) is 17.6 Å². The van der Waals surface area contributed by atoms with Crippen LogP contribution in [0.2, 0.25) is 0 Å². The quantitative estimate of drug-likeness (QED) is 0.829. The second-order valence-corrected chi connectivity index (χ2v) is 4.45.